The quantitative estimate of drug-likeness (QED) is 0.823. The van der Waals surface area contributed by atoms with Crippen LogP contribution in [0.3, 0.4) is 0 Å². The molecule has 2 fully saturated rings. The van der Waals surface area contributed by atoms with Crippen LogP contribution in [0.15, 0.2) is 24.3 Å². The third kappa shape index (κ3) is 3.33. The van der Waals surface area contributed by atoms with Crippen LogP contribution in [-0.4, -0.2) is 53.7 Å². The zero-order chi connectivity index (χ0) is 17.1. The molecular weight excluding hydrogens is 306 g/mol. The van der Waals surface area contributed by atoms with Crippen molar-refractivity contribution in [2.75, 3.05) is 20.1 Å². The topological polar surface area (TPSA) is 69.7 Å². The van der Waals surface area contributed by atoms with Crippen molar-refractivity contribution in [3.05, 3.63) is 35.4 Å². The van der Waals surface area contributed by atoms with Crippen LogP contribution in [0.25, 0.3) is 0 Å². The lowest BCUT2D eigenvalue weighted by atomic mass is 10.1. The minimum atomic E-state index is -0.118. The number of benzene rings is 1. The van der Waals surface area contributed by atoms with Gasteiger partial charge in [0.05, 0.1) is 6.54 Å². The molecule has 2 saturated heterocycles. The lowest BCUT2D eigenvalue weighted by Crippen LogP contribution is -2.40. The first-order valence-corrected chi connectivity index (χ1v) is 8.48. The summed E-state index contributed by atoms with van der Waals surface area (Å²) in [5.74, 6) is -0.188. The molecule has 0 aliphatic carbocycles. The maximum atomic E-state index is 12.7. The van der Waals surface area contributed by atoms with Crippen molar-refractivity contribution in [2.24, 2.45) is 0 Å². The zero-order valence-electron chi connectivity index (χ0n) is 14.0. The molecule has 3 amide bonds. The molecular formula is C18H23N3O3. The van der Waals surface area contributed by atoms with Crippen molar-refractivity contribution < 1.29 is 14.4 Å². The minimum Gasteiger partial charge on any atom is -0.334 e. The molecule has 6 nitrogen and oxygen atoms in total. The molecule has 6 heteroatoms. The second-order valence-electron chi connectivity index (χ2n) is 6.42. The largest absolute Gasteiger partial charge is 0.334 e. The Hall–Kier alpha value is -2.21. The molecule has 0 radical (unpaired) electrons. The van der Waals surface area contributed by atoms with Gasteiger partial charge in [0.2, 0.25) is 11.8 Å². The van der Waals surface area contributed by atoms with Crippen LogP contribution in [0.1, 0.15) is 41.6 Å². The Labute approximate surface area is 141 Å². The van der Waals surface area contributed by atoms with E-state index in [-0.39, 0.29) is 30.3 Å². The predicted octanol–water partition coefficient (Wildman–Crippen LogP) is 1.16. The fraction of sp³-hybridized carbons (Fsp3) is 0.500. The Kier molecular flexibility index (Phi) is 4.94. The summed E-state index contributed by atoms with van der Waals surface area (Å²) in [5.41, 5.74) is 1.52. The molecule has 1 aromatic carbocycles. The van der Waals surface area contributed by atoms with E-state index in [9.17, 15) is 14.4 Å². The van der Waals surface area contributed by atoms with Gasteiger partial charge in [0, 0.05) is 37.5 Å². The molecule has 2 aliphatic rings. The molecule has 0 saturated carbocycles. The van der Waals surface area contributed by atoms with Gasteiger partial charge in [-0.1, -0.05) is 12.1 Å². The maximum absolute atomic E-state index is 12.7. The standard InChI is InChI=1S/C18H23N3O3/c1-19-11-15-3-2-10-20(15)18(24)14-6-4-13(5-7-14)12-21-16(22)8-9-17(21)23/h4-7,15,19H,2-3,8-12H2,1H3. The number of nitrogens with one attached hydrogen (secondary N) is 1. The third-order valence-corrected chi connectivity index (χ3v) is 4.77. The van der Waals surface area contributed by atoms with Gasteiger partial charge in [0.15, 0.2) is 0 Å². The first-order valence-electron chi connectivity index (χ1n) is 8.48. The third-order valence-electron chi connectivity index (χ3n) is 4.77. The molecule has 2 heterocycles. The average Bonchev–Trinajstić information content (AvgIpc) is 3.17. The number of imide groups is 1. The molecule has 2 aliphatic heterocycles. The summed E-state index contributed by atoms with van der Waals surface area (Å²) in [6.07, 6.45) is 2.67. The Morgan fingerprint density at radius 1 is 1.17 bits per heavy atom. The molecule has 0 aromatic heterocycles. The number of hydrogen-bond donors (Lipinski definition) is 1. The first-order chi connectivity index (χ1) is 11.6. The lowest BCUT2D eigenvalue weighted by Gasteiger charge is -2.24. The van der Waals surface area contributed by atoms with Crippen molar-refractivity contribution in [3.63, 3.8) is 0 Å². The van der Waals surface area contributed by atoms with Gasteiger partial charge in [0.25, 0.3) is 5.91 Å². The molecule has 1 atom stereocenters. The van der Waals surface area contributed by atoms with E-state index in [2.05, 4.69) is 5.32 Å². The van der Waals surface area contributed by atoms with E-state index < -0.39 is 0 Å². The van der Waals surface area contributed by atoms with Crippen molar-refractivity contribution in [1.82, 2.24) is 15.1 Å². The molecule has 1 N–H and O–H groups in total. The number of carbonyl (C=O) groups excluding carboxylic acids is 3. The van der Waals surface area contributed by atoms with Crippen LogP contribution in [0.4, 0.5) is 0 Å². The van der Waals surface area contributed by atoms with Crippen LogP contribution in [0, 0.1) is 0 Å². The number of amides is 3. The van der Waals surface area contributed by atoms with Gasteiger partial charge in [-0.15, -0.1) is 0 Å². The molecule has 1 unspecified atom stereocenters. The van der Waals surface area contributed by atoms with Gasteiger partial charge in [-0.3, -0.25) is 19.3 Å². The number of nitrogens with zero attached hydrogens (tertiary/aromatic N) is 2. The van der Waals surface area contributed by atoms with Crippen molar-refractivity contribution in [3.8, 4) is 0 Å². The van der Waals surface area contributed by atoms with Gasteiger partial charge >= 0.3 is 0 Å². The molecule has 128 valence electrons. The van der Waals surface area contributed by atoms with E-state index in [0.717, 1.165) is 31.5 Å². The van der Waals surface area contributed by atoms with Crippen LogP contribution < -0.4 is 5.32 Å². The lowest BCUT2D eigenvalue weighted by molar-refractivity contribution is -0.139. The predicted molar refractivity (Wildman–Crippen MR) is 89.2 cm³/mol. The Morgan fingerprint density at radius 2 is 1.83 bits per heavy atom. The number of rotatable bonds is 5. The fourth-order valence-electron chi connectivity index (χ4n) is 3.45. The summed E-state index contributed by atoms with van der Waals surface area (Å²) in [7, 11) is 1.90. The first kappa shape index (κ1) is 16.6. The SMILES string of the molecule is CNCC1CCCN1C(=O)c1ccc(CN2C(=O)CCC2=O)cc1. The van der Waals surface area contributed by atoms with Gasteiger partial charge in [-0.05, 0) is 37.6 Å². The summed E-state index contributed by atoms with van der Waals surface area (Å²) >= 11 is 0. The van der Waals surface area contributed by atoms with E-state index in [1.54, 1.807) is 12.1 Å². The second-order valence-corrected chi connectivity index (χ2v) is 6.42. The van der Waals surface area contributed by atoms with E-state index in [0.29, 0.717) is 18.4 Å². The van der Waals surface area contributed by atoms with Gasteiger partial charge in [-0.2, -0.15) is 0 Å². The van der Waals surface area contributed by atoms with Gasteiger partial charge in [-0.25, -0.2) is 0 Å². The second kappa shape index (κ2) is 7.13. The number of carbonyl (C=O) groups is 3. The van der Waals surface area contributed by atoms with Crippen LogP contribution in [-0.2, 0) is 16.1 Å². The number of hydrogen-bond acceptors (Lipinski definition) is 4. The van der Waals surface area contributed by atoms with Crippen LogP contribution in [0.5, 0.6) is 0 Å². The van der Waals surface area contributed by atoms with E-state index in [1.165, 1.54) is 4.90 Å². The van der Waals surface area contributed by atoms with E-state index >= 15 is 0 Å². The number of likely N-dealkylation sites (N-methyl/N-ethyl adjacent to an activating group) is 1. The summed E-state index contributed by atoms with van der Waals surface area (Å²) in [5, 5.41) is 3.14. The van der Waals surface area contributed by atoms with Crippen molar-refractivity contribution in [1.29, 1.82) is 0 Å². The Bertz CT molecular complexity index is 625. The van der Waals surface area contributed by atoms with Crippen LogP contribution in [0.2, 0.25) is 0 Å². The van der Waals surface area contributed by atoms with Gasteiger partial charge in [0.1, 0.15) is 0 Å². The summed E-state index contributed by atoms with van der Waals surface area (Å²) in [6, 6.07) is 7.49. The smallest absolute Gasteiger partial charge is 0.254 e. The number of likely N-dealkylation sites (tertiary alicyclic amines) is 2. The van der Waals surface area contributed by atoms with Crippen molar-refractivity contribution in [2.45, 2.75) is 38.3 Å². The Balaban J connectivity index is 1.67. The zero-order valence-corrected chi connectivity index (χ0v) is 14.0. The van der Waals surface area contributed by atoms with Crippen molar-refractivity contribution >= 4 is 17.7 Å². The minimum absolute atomic E-state index is 0.0487. The summed E-state index contributed by atoms with van der Waals surface area (Å²) < 4.78 is 0. The normalized spacial score (nSPS) is 21.0. The highest BCUT2D eigenvalue weighted by Crippen LogP contribution is 2.21. The highest BCUT2D eigenvalue weighted by molar-refractivity contribution is 6.01. The Morgan fingerprint density at radius 3 is 2.46 bits per heavy atom. The average molecular weight is 329 g/mol. The molecule has 1 aromatic rings. The monoisotopic (exact) mass is 329 g/mol. The fourth-order valence-corrected chi connectivity index (χ4v) is 3.45. The summed E-state index contributed by atoms with van der Waals surface area (Å²) in [6.45, 7) is 1.89. The van der Waals surface area contributed by atoms with Crippen LogP contribution >= 0.6 is 0 Å². The van der Waals surface area contributed by atoms with Gasteiger partial charge < -0.3 is 10.2 Å². The highest BCUT2D eigenvalue weighted by Gasteiger charge is 2.30. The maximum Gasteiger partial charge on any atom is 0.254 e. The highest BCUT2D eigenvalue weighted by atomic mass is 16.2. The molecule has 3 rings (SSSR count). The molecule has 24 heavy (non-hydrogen) atoms. The van der Waals surface area contributed by atoms with E-state index in [4.69, 9.17) is 0 Å². The molecule has 0 spiro atoms. The van der Waals surface area contributed by atoms with E-state index in [1.807, 2.05) is 24.1 Å². The summed E-state index contributed by atoms with van der Waals surface area (Å²) in [4.78, 5) is 39.2. The molecule has 0 bridgehead atoms.